The molecule has 3 nitrogen and oxygen atoms in total. The Morgan fingerprint density at radius 1 is 1.28 bits per heavy atom. The van der Waals surface area contributed by atoms with Crippen molar-refractivity contribution in [2.45, 2.75) is 6.54 Å². The third kappa shape index (κ3) is 3.15. The second kappa shape index (κ2) is 5.75. The summed E-state index contributed by atoms with van der Waals surface area (Å²) in [6.45, 7) is 0.536. The monoisotopic (exact) mass is 276 g/mol. The van der Waals surface area contributed by atoms with Crippen molar-refractivity contribution in [1.29, 1.82) is 0 Å². The fourth-order valence-electron chi connectivity index (χ4n) is 1.50. The summed E-state index contributed by atoms with van der Waals surface area (Å²) in [5, 5.41) is 4.84. The van der Waals surface area contributed by atoms with Crippen LogP contribution in [0.15, 0.2) is 41.8 Å². The standard InChI is InChI=1S/C13H12N2OS2/c14-12(17)9-3-1-4-10(7-9)13(16)15-8-11-5-2-6-18-11/h1-7H,8H2,(H2,14,17)(H,15,16). The average molecular weight is 276 g/mol. The molecule has 2 rings (SSSR count). The fraction of sp³-hybridized carbons (Fsp3) is 0.0769. The molecular formula is C13H12N2OS2. The summed E-state index contributed by atoms with van der Waals surface area (Å²) in [5.41, 5.74) is 6.80. The lowest BCUT2D eigenvalue weighted by molar-refractivity contribution is 0.0951. The number of rotatable bonds is 4. The molecule has 0 aliphatic rings. The molecule has 1 amide bonds. The summed E-state index contributed by atoms with van der Waals surface area (Å²) in [7, 11) is 0. The Hall–Kier alpha value is -1.72. The zero-order valence-corrected chi connectivity index (χ0v) is 11.2. The molecule has 1 aromatic heterocycles. The van der Waals surface area contributed by atoms with E-state index in [1.54, 1.807) is 35.6 Å². The first-order chi connectivity index (χ1) is 8.66. The van der Waals surface area contributed by atoms with Crippen molar-refractivity contribution in [2.75, 3.05) is 0 Å². The van der Waals surface area contributed by atoms with Crippen molar-refractivity contribution >= 4 is 34.5 Å². The van der Waals surface area contributed by atoms with Gasteiger partial charge >= 0.3 is 0 Å². The van der Waals surface area contributed by atoms with Gasteiger partial charge in [-0.25, -0.2) is 0 Å². The lowest BCUT2D eigenvalue weighted by Gasteiger charge is -2.05. The SMILES string of the molecule is NC(=S)c1cccc(C(=O)NCc2cccs2)c1. The molecule has 0 radical (unpaired) electrons. The van der Waals surface area contributed by atoms with Crippen molar-refractivity contribution in [3.05, 3.63) is 57.8 Å². The van der Waals surface area contributed by atoms with Crippen LogP contribution in [0, 0.1) is 0 Å². The minimum atomic E-state index is -0.124. The van der Waals surface area contributed by atoms with E-state index in [-0.39, 0.29) is 5.91 Å². The summed E-state index contributed by atoms with van der Waals surface area (Å²) in [4.78, 5) is 13.3. The molecule has 0 aliphatic carbocycles. The van der Waals surface area contributed by atoms with Gasteiger partial charge in [0.2, 0.25) is 0 Å². The molecule has 3 N–H and O–H groups in total. The van der Waals surface area contributed by atoms with Gasteiger partial charge in [-0.05, 0) is 23.6 Å². The molecule has 0 saturated carbocycles. The number of benzene rings is 1. The van der Waals surface area contributed by atoms with Gasteiger partial charge in [-0.2, -0.15) is 0 Å². The first kappa shape index (κ1) is 12.7. The van der Waals surface area contributed by atoms with Crippen molar-refractivity contribution in [3.63, 3.8) is 0 Å². The Bertz CT molecular complexity index is 564. The van der Waals surface area contributed by atoms with E-state index in [2.05, 4.69) is 5.32 Å². The molecule has 1 aromatic carbocycles. The van der Waals surface area contributed by atoms with E-state index in [0.29, 0.717) is 22.7 Å². The highest BCUT2D eigenvalue weighted by molar-refractivity contribution is 7.80. The second-order valence-electron chi connectivity index (χ2n) is 3.71. The molecule has 2 aromatic rings. The maximum Gasteiger partial charge on any atom is 0.251 e. The molecule has 5 heteroatoms. The highest BCUT2D eigenvalue weighted by atomic mass is 32.1. The van der Waals surface area contributed by atoms with Crippen LogP contribution in [-0.4, -0.2) is 10.9 Å². The molecule has 0 aliphatic heterocycles. The van der Waals surface area contributed by atoms with Crippen LogP contribution in [0.3, 0.4) is 0 Å². The van der Waals surface area contributed by atoms with Crippen LogP contribution in [0.1, 0.15) is 20.8 Å². The fourth-order valence-corrected chi connectivity index (χ4v) is 2.27. The van der Waals surface area contributed by atoms with Crippen molar-refractivity contribution in [3.8, 4) is 0 Å². The third-order valence-corrected chi connectivity index (χ3v) is 3.52. The van der Waals surface area contributed by atoms with Crippen molar-refractivity contribution < 1.29 is 4.79 Å². The van der Waals surface area contributed by atoms with Gasteiger partial charge in [-0.1, -0.05) is 30.4 Å². The van der Waals surface area contributed by atoms with Gasteiger partial charge in [-0.3, -0.25) is 4.79 Å². The van der Waals surface area contributed by atoms with E-state index in [1.807, 2.05) is 17.5 Å². The molecular weight excluding hydrogens is 264 g/mol. The van der Waals surface area contributed by atoms with Crippen LogP contribution in [0.4, 0.5) is 0 Å². The van der Waals surface area contributed by atoms with E-state index in [4.69, 9.17) is 18.0 Å². The average Bonchev–Trinajstić information content (AvgIpc) is 2.89. The number of carbonyl (C=O) groups excluding carboxylic acids is 1. The number of amides is 1. The van der Waals surface area contributed by atoms with Crippen molar-refractivity contribution in [1.82, 2.24) is 5.32 Å². The minimum absolute atomic E-state index is 0.124. The molecule has 92 valence electrons. The lowest BCUT2D eigenvalue weighted by atomic mass is 10.1. The smallest absolute Gasteiger partial charge is 0.251 e. The summed E-state index contributed by atoms with van der Waals surface area (Å²) < 4.78 is 0. The number of nitrogens with one attached hydrogen (secondary N) is 1. The highest BCUT2D eigenvalue weighted by Crippen LogP contribution is 2.09. The van der Waals surface area contributed by atoms with Gasteiger partial charge in [0.25, 0.3) is 5.91 Å². The zero-order valence-electron chi connectivity index (χ0n) is 9.55. The first-order valence-corrected chi connectivity index (χ1v) is 6.66. The summed E-state index contributed by atoms with van der Waals surface area (Å²) in [6.07, 6.45) is 0. The number of carbonyl (C=O) groups is 1. The normalized spacial score (nSPS) is 10.0. The Morgan fingerprint density at radius 2 is 2.06 bits per heavy atom. The maximum atomic E-state index is 11.9. The number of thiocarbonyl (C=S) groups is 1. The van der Waals surface area contributed by atoms with Gasteiger partial charge < -0.3 is 11.1 Å². The predicted octanol–water partition coefficient (Wildman–Crippen LogP) is 2.31. The van der Waals surface area contributed by atoms with Crippen molar-refractivity contribution in [2.24, 2.45) is 5.73 Å². The van der Waals surface area contributed by atoms with Crippen LogP contribution in [-0.2, 0) is 6.54 Å². The number of hydrogen-bond acceptors (Lipinski definition) is 3. The number of hydrogen-bond donors (Lipinski definition) is 2. The quantitative estimate of drug-likeness (QED) is 0.843. The Kier molecular flexibility index (Phi) is 4.07. The highest BCUT2D eigenvalue weighted by Gasteiger charge is 2.07. The summed E-state index contributed by atoms with van der Waals surface area (Å²) in [6, 6.07) is 10.9. The lowest BCUT2D eigenvalue weighted by Crippen LogP contribution is -2.22. The molecule has 18 heavy (non-hydrogen) atoms. The largest absolute Gasteiger partial charge is 0.389 e. The number of thiophene rings is 1. The van der Waals surface area contributed by atoms with E-state index in [9.17, 15) is 4.79 Å². The zero-order chi connectivity index (χ0) is 13.0. The van der Waals surface area contributed by atoms with Crippen LogP contribution >= 0.6 is 23.6 Å². The Morgan fingerprint density at radius 3 is 2.72 bits per heavy atom. The van der Waals surface area contributed by atoms with Crippen LogP contribution in [0.2, 0.25) is 0 Å². The van der Waals surface area contributed by atoms with Gasteiger partial charge in [0.15, 0.2) is 0 Å². The molecule has 1 heterocycles. The minimum Gasteiger partial charge on any atom is -0.389 e. The molecule has 0 unspecified atom stereocenters. The van der Waals surface area contributed by atoms with Gasteiger partial charge in [0, 0.05) is 16.0 Å². The van der Waals surface area contributed by atoms with E-state index >= 15 is 0 Å². The second-order valence-corrected chi connectivity index (χ2v) is 5.18. The van der Waals surface area contributed by atoms with E-state index in [0.717, 1.165) is 4.88 Å². The van der Waals surface area contributed by atoms with E-state index < -0.39 is 0 Å². The molecule has 0 saturated heterocycles. The van der Waals surface area contributed by atoms with Gasteiger partial charge in [0.05, 0.1) is 6.54 Å². The number of nitrogens with two attached hydrogens (primary N) is 1. The van der Waals surface area contributed by atoms with Crippen LogP contribution in [0.5, 0.6) is 0 Å². The van der Waals surface area contributed by atoms with Gasteiger partial charge in [0.1, 0.15) is 4.99 Å². The Labute approximate surface area is 115 Å². The first-order valence-electron chi connectivity index (χ1n) is 5.37. The van der Waals surface area contributed by atoms with E-state index in [1.165, 1.54) is 0 Å². The van der Waals surface area contributed by atoms with Crippen LogP contribution < -0.4 is 11.1 Å². The van der Waals surface area contributed by atoms with Gasteiger partial charge in [-0.15, -0.1) is 11.3 Å². The molecule has 0 fully saturated rings. The summed E-state index contributed by atoms with van der Waals surface area (Å²) in [5.74, 6) is -0.124. The predicted molar refractivity (Wildman–Crippen MR) is 77.8 cm³/mol. The van der Waals surface area contributed by atoms with Crippen LogP contribution in [0.25, 0.3) is 0 Å². The third-order valence-electron chi connectivity index (χ3n) is 2.41. The Balaban J connectivity index is 2.04. The molecule has 0 bridgehead atoms. The maximum absolute atomic E-state index is 11.9. The molecule has 0 atom stereocenters. The topological polar surface area (TPSA) is 55.1 Å². The molecule has 0 spiro atoms. The summed E-state index contributed by atoms with van der Waals surface area (Å²) >= 11 is 6.50.